The molecule has 0 spiro atoms. The molecule has 1 aliphatic heterocycles. The number of benzene rings is 3. The summed E-state index contributed by atoms with van der Waals surface area (Å²) in [5, 5.41) is 5.23. The number of likely N-dealkylation sites (tertiary alicyclic amines) is 1. The Morgan fingerprint density at radius 3 is 2.40 bits per heavy atom. The number of fused-ring (bicyclic) bond motifs is 1. The fourth-order valence-electron chi connectivity index (χ4n) is 4.12. The van der Waals surface area contributed by atoms with Crippen molar-refractivity contribution < 1.29 is 9.59 Å². The Hall–Kier alpha value is -3.14. The molecule has 4 heteroatoms. The predicted molar refractivity (Wildman–Crippen MR) is 121 cm³/mol. The molecule has 154 valence electrons. The zero-order valence-corrected chi connectivity index (χ0v) is 17.4. The smallest absolute Gasteiger partial charge is 0.254 e. The van der Waals surface area contributed by atoms with Crippen LogP contribution in [-0.2, 0) is 11.2 Å². The fourth-order valence-corrected chi connectivity index (χ4v) is 4.12. The molecule has 0 bridgehead atoms. The van der Waals surface area contributed by atoms with Crippen LogP contribution in [0, 0.1) is 6.92 Å². The molecule has 0 radical (unpaired) electrons. The molecule has 0 saturated carbocycles. The van der Waals surface area contributed by atoms with Crippen molar-refractivity contribution in [2.75, 3.05) is 13.1 Å². The predicted octanol–water partition coefficient (Wildman–Crippen LogP) is 4.50. The first-order valence-electron chi connectivity index (χ1n) is 10.7. The molecular weight excluding hydrogens is 372 g/mol. The molecule has 1 aliphatic rings. The lowest BCUT2D eigenvalue weighted by molar-refractivity contribution is -0.122. The first-order chi connectivity index (χ1) is 14.6. The summed E-state index contributed by atoms with van der Waals surface area (Å²) < 4.78 is 0. The van der Waals surface area contributed by atoms with Gasteiger partial charge in [-0.05, 0) is 48.6 Å². The average molecular weight is 401 g/mol. The molecule has 3 aromatic carbocycles. The first kappa shape index (κ1) is 20.1. The number of rotatable bonds is 5. The molecular formula is C26H28N2O2. The van der Waals surface area contributed by atoms with Crippen molar-refractivity contribution in [2.24, 2.45) is 0 Å². The van der Waals surface area contributed by atoms with Crippen LogP contribution >= 0.6 is 0 Å². The molecule has 3 aromatic rings. The van der Waals surface area contributed by atoms with Gasteiger partial charge in [-0.1, -0.05) is 66.2 Å². The molecule has 2 amide bonds. The third-order valence-corrected chi connectivity index (χ3v) is 5.93. The van der Waals surface area contributed by atoms with Gasteiger partial charge >= 0.3 is 0 Å². The monoisotopic (exact) mass is 400 g/mol. The Balaban J connectivity index is 1.28. The lowest BCUT2D eigenvalue weighted by Crippen LogP contribution is -2.46. The van der Waals surface area contributed by atoms with E-state index in [1.807, 2.05) is 47.4 Å². The molecule has 1 N–H and O–H groups in total. The Labute approximate surface area is 177 Å². The summed E-state index contributed by atoms with van der Waals surface area (Å²) in [5.41, 5.74) is 3.17. The number of amides is 2. The number of hydrogen-bond donors (Lipinski definition) is 1. The van der Waals surface area contributed by atoms with Crippen LogP contribution in [0.15, 0.2) is 66.7 Å². The number of hydrogen-bond acceptors (Lipinski definition) is 2. The SMILES string of the molecule is Cc1ccc(CCC(=O)NC2CCN(C(=O)c3cccc4ccccc34)CC2)cc1. The van der Waals surface area contributed by atoms with Crippen LogP contribution in [0.5, 0.6) is 0 Å². The Morgan fingerprint density at radius 1 is 0.933 bits per heavy atom. The quantitative estimate of drug-likeness (QED) is 0.685. The second kappa shape index (κ2) is 9.12. The Bertz CT molecular complexity index is 1030. The van der Waals surface area contributed by atoms with E-state index in [0.717, 1.165) is 35.6 Å². The molecule has 0 atom stereocenters. The highest BCUT2D eigenvalue weighted by atomic mass is 16.2. The van der Waals surface area contributed by atoms with Crippen LogP contribution in [0.2, 0.25) is 0 Å². The van der Waals surface area contributed by atoms with Gasteiger partial charge in [0.05, 0.1) is 0 Å². The maximum absolute atomic E-state index is 13.1. The van der Waals surface area contributed by atoms with Gasteiger partial charge in [0.15, 0.2) is 0 Å². The largest absolute Gasteiger partial charge is 0.353 e. The second-order valence-corrected chi connectivity index (χ2v) is 8.15. The van der Waals surface area contributed by atoms with Crippen LogP contribution in [0.4, 0.5) is 0 Å². The van der Waals surface area contributed by atoms with Crippen molar-refractivity contribution in [3.63, 3.8) is 0 Å². The van der Waals surface area contributed by atoms with E-state index in [0.29, 0.717) is 19.5 Å². The highest BCUT2D eigenvalue weighted by molar-refractivity contribution is 6.07. The minimum absolute atomic E-state index is 0.0796. The van der Waals surface area contributed by atoms with Gasteiger partial charge < -0.3 is 10.2 Å². The highest BCUT2D eigenvalue weighted by Crippen LogP contribution is 2.22. The van der Waals surface area contributed by atoms with E-state index in [1.54, 1.807) is 0 Å². The van der Waals surface area contributed by atoms with Gasteiger partial charge in [0.2, 0.25) is 5.91 Å². The molecule has 4 nitrogen and oxygen atoms in total. The van der Waals surface area contributed by atoms with E-state index >= 15 is 0 Å². The van der Waals surface area contributed by atoms with Gasteiger partial charge in [0, 0.05) is 31.1 Å². The summed E-state index contributed by atoms with van der Waals surface area (Å²) in [4.78, 5) is 27.3. The minimum Gasteiger partial charge on any atom is -0.353 e. The van der Waals surface area contributed by atoms with Crippen molar-refractivity contribution in [1.82, 2.24) is 10.2 Å². The van der Waals surface area contributed by atoms with E-state index in [4.69, 9.17) is 0 Å². The van der Waals surface area contributed by atoms with Crippen LogP contribution in [0.25, 0.3) is 10.8 Å². The molecule has 30 heavy (non-hydrogen) atoms. The summed E-state index contributed by atoms with van der Waals surface area (Å²) in [7, 11) is 0. The Morgan fingerprint density at radius 2 is 1.63 bits per heavy atom. The topological polar surface area (TPSA) is 49.4 Å². The number of nitrogens with one attached hydrogen (secondary N) is 1. The van der Waals surface area contributed by atoms with Crippen molar-refractivity contribution in [3.05, 3.63) is 83.4 Å². The number of carbonyl (C=O) groups is 2. The van der Waals surface area contributed by atoms with Crippen molar-refractivity contribution in [1.29, 1.82) is 0 Å². The van der Waals surface area contributed by atoms with Gasteiger partial charge in [-0.15, -0.1) is 0 Å². The molecule has 0 unspecified atom stereocenters. The van der Waals surface area contributed by atoms with Crippen LogP contribution < -0.4 is 5.32 Å². The van der Waals surface area contributed by atoms with Gasteiger partial charge in [0.25, 0.3) is 5.91 Å². The molecule has 0 aliphatic carbocycles. The van der Waals surface area contributed by atoms with Crippen LogP contribution in [-0.4, -0.2) is 35.8 Å². The fraction of sp³-hybridized carbons (Fsp3) is 0.308. The third kappa shape index (κ3) is 4.70. The average Bonchev–Trinajstić information content (AvgIpc) is 2.78. The number of aryl methyl sites for hydroxylation is 2. The van der Waals surface area contributed by atoms with Gasteiger partial charge in [-0.25, -0.2) is 0 Å². The van der Waals surface area contributed by atoms with E-state index in [-0.39, 0.29) is 17.9 Å². The molecule has 1 fully saturated rings. The zero-order valence-electron chi connectivity index (χ0n) is 17.4. The lowest BCUT2D eigenvalue weighted by Gasteiger charge is -2.32. The van der Waals surface area contributed by atoms with E-state index in [2.05, 4.69) is 36.5 Å². The Kier molecular flexibility index (Phi) is 6.12. The third-order valence-electron chi connectivity index (χ3n) is 5.93. The van der Waals surface area contributed by atoms with E-state index in [1.165, 1.54) is 11.1 Å². The highest BCUT2D eigenvalue weighted by Gasteiger charge is 2.25. The van der Waals surface area contributed by atoms with Crippen LogP contribution in [0.3, 0.4) is 0 Å². The summed E-state index contributed by atoms with van der Waals surface area (Å²) in [5.74, 6) is 0.172. The minimum atomic E-state index is 0.0796. The normalized spacial score (nSPS) is 14.6. The van der Waals surface area contributed by atoms with Gasteiger partial charge in [-0.3, -0.25) is 9.59 Å². The maximum Gasteiger partial charge on any atom is 0.254 e. The first-order valence-corrected chi connectivity index (χ1v) is 10.7. The summed E-state index contributed by atoms with van der Waals surface area (Å²) >= 11 is 0. The summed E-state index contributed by atoms with van der Waals surface area (Å²) in [6.45, 7) is 3.41. The maximum atomic E-state index is 13.1. The van der Waals surface area contributed by atoms with Crippen LogP contribution in [0.1, 0.15) is 40.7 Å². The van der Waals surface area contributed by atoms with Gasteiger partial charge in [0.1, 0.15) is 0 Å². The summed E-state index contributed by atoms with van der Waals surface area (Å²) in [6.07, 6.45) is 2.85. The molecule has 4 rings (SSSR count). The van der Waals surface area contributed by atoms with Crippen molar-refractivity contribution >= 4 is 22.6 Å². The number of piperidine rings is 1. The zero-order chi connectivity index (χ0) is 20.9. The summed E-state index contributed by atoms with van der Waals surface area (Å²) in [6, 6.07) is 22.3. The second-order valence-electron chi connectivity index (χ2n) is 8.15. The van der Waals surface area contributed by atoms with Gasteiger partial charge in [-0.2, -0.15) is 0 Å². The molecule has 0 aromatic heterocycles. The number of carbonyl (C=O) groups excluding carboxylic acids is 2. The van der Waals surface area contributed by atoms with E-state index < -0.39 is 0 Å². The molecule has 1 saturated heterocycles. The van der Waals surface area contributed by atoms with Crippen molar-refractivity contribution in [3.8, 4) is 0 Å². The number of nitrogens with zero attached hydrogens (tertiary/aromatic N) is 1. The standard InChI is InChI=1S/C26H28N2O2/c1-19-9-11-20(12-10-19)13-14-25(29)27-22-15-17-28(18-16-22)26(30)24-8-4-6-21-5-2-3-7-23(21)24/h2-12,22H,13-18H2,1H3,(H,27,29). The van der Waals surface area contributed by atoms with E-state index in [9.17, 15) is 9.59 Å². The van der Waals surface area contributed by atoms with Crippen molar-refractivity contribution in [2.45, 2.75) is 38.6 Å². The lowest BCUT2D eigenvalue weighted by atomic mass is 10.0. The molecule has 1 heterocycles.